The van der Waals surface area contributed by atoms with E-state index in [0.717, 1.165) is 23.9 Å². The molecule has 30 heavy (non-hydrogen) atoms. The van der Waals surface area contributed by atoms with Gasteiger partial charge >= 0.3 is 0 Å². The maximum absolute atomic E-state index is 13.2. The first-order valence-corrected chi connectivity index (χ1v) is 10.9. The van der Waals surface area contributed by atoms with Crippen LogP contribution in [-0.4, -0.2) is 9.67 Å². The first-order chi connectivity index (χ1) is 14.7. The molecule has 1 heterocycles. The van der Waals surface area contributed by atoms with Crippen LogP contribution in [0.4, 0.5) is 0 Å². The van der Waals surface area contributed by atoms with Gasteiger partial charge in [0.2, 0.25) is 5.75 Å². The Bertz CT molecular complexity index is 1050. The van der Waals surface area contributed by atoms with E-state index < -0.39 is 0 Å². The van der Waals surface area contributed by atoms with E-state index in [0.29, 0.717) is 17.7 Å². The molecular formula is C26H31NO3. The predicted octanol–water partition coefficient (Wildman–Crippen LogP) is 6.89. The van der Waals surface area contributed by atoms with Crippen molar-refractivity contribution in [2.24, 2.45) is 0 Å². The highest BCUT2D eigenvalue weighted by molar-refractivity contribution is 5.89. The fraction of sp³-hybridized carbons (Fsp3) is 0.346. The van der Waals surface area contributed by atoms with Crippen LogP contribution in [0.5, 0.6) is 17.2 Å². The van der Waals surface area contributed by atoms with Crippen molar-refractivity contribution in [3.63, 3.8) is 0 Å². The van der Waals surface area contributed by atoms with Crippen molar-refractivity contribution in [2.75, 3.05) is 0 Å². The molecule has 2 aromatic carbocycles. The predicted molar refractivity (Wildman–Crippen MR) is 124 cm³/mol. The number of allylic oxidation sites excluding steroid dienone is 1. The molecule has 158 valence electrons. The minimum atomic E-state index is -0.295. The van der Waals surface area contributed by atoms with E-state index in [2.05, 4.69) is 6.92 Å². The van der Waals surface area contributed by atoms with Crippen LogP contribution in [0, 0.1) is 0 Å². The SMILES string of the molecule is CC=Cc1ccc2c(c1)c(O)c(Oc1ccccc1)c(=O)n2CCCCCCCC. The van der Waals surface area contributed by atoms with Crippen LogP contribution < -0.4 is 10.3 Å². The molecule has 0 aliphatic rings. The second kappa shape index (κ2) is 10.7. The number of unbranched alkanes of at least 4 members (excludes halogenated alkanes) is 5. The molecule has 0 unspecified atom stereocenters. The number of ether oxygens (including phenoxy) is 1. The highest BCUT2D eigenvalue weighted by Gasteiger charge is 2.18. The maximum atomic E-state index is 13.2. The molecule has 0 saturated carbocycles. The summed E-state index contributed by atoms with van der Waals surface area (Å²) in [5, 5.41) is 11.5. The van der Waals surface area contributed by atoms with Gasteiger partial charge in [0.25, 0.3) is 5.56 Å². The summed E-state index contributed by atoms with van der Waals surface area (Å²) in [6.07, 6.45) is 10.8. The van der Waals surface area contributed by atoms with Gasteiger partial charge < -0.3 is 14.4 Å². The van der Waals surface area contributed by atoms with Gasteiger partial charge in [-0.3, -0.25) is 4.79 Å². The van der Waals surface area contributed by atoms with Crippen molar-refractivity contribution in [2.45, 2.75) is 58.9 Å². The molecule has 3 rings (SSSR count). The number of hydrogen-bond acceptors (Lipinski definition) is 3. The van der Waals surface area contributed by atoms with Crippen LogP contribution in [0.1, 0.15) is 57.9 Å². The first-order valence-electron chi connectivity index (χ1n) is 10.9. The summed E-state index contributed by atoms with van der Waals surface area (Å²) in [4.78, 5) is 13.2. The zero-order chi connectivity index (χ0) is 21.3. The first kappa shape index (κ1) is 21.7. The highest BCUT2D eigenvalue weighted by atomic mass is 16.5. The van der Waals surface area contributed by atoms with Gasteiger partial charge in [-0.25, -0.2) is 0 Å². The molecule has 0 fully saturated rings. The average Bonchev–Trinajstić information content (AvgIpc) is 2.77. The molecule has 1 aromatic heterocycles. The van der Waals surface area contributed by atoms with Crippen molar-refractivity contribution in [1.29, 1.82) is 0 Å². The van der Waals surface area contributed by atoms with Gasteiger partial charge in [0.15, 0.2) is 5.75 Å². The molecule has 0 atom stereocenters. The number of hydrogen-bond donors (Lipinski definition) is 1. The summed E-state index contributed by atoms with van der Waals surface area (Å²) >= 11 is 0. The molecule has 0 spiro atoms. The molecule has 4 heteroatoms. The second-order valence-corrected chi connectivity index (χ2v) is 7.59. The number of rotatable bonds is 10. The molecule has 0 amide bonds. The normalized spacial score (nSPS) is 11.4. The topological polar surface area (TPSA) is 51.5 Å². The lowest BCUT2D eigenvalue weighted by Gasteiger charge is -2.16. The number of aromatic nitrogens is 1. The number of nitrogens with zero attached hydrogens (tertiary/aromatic N) is 1. The van der Waals surface area contributed by atoms with Gasteiger partial charge in [-0.2, -0.15) is 0 Å². The molecule has 0 aliphatic carbocycles. The number of benzene rings is 2. The Morgan fingerprint density at radius 3 is 2.47 bits per heavy atom. The largest absolute Gasteiger partial charge is 0.504 e. The van der Waals surface area contributed by atoms with Gasteiger partial charge in [0.05, 0.1) is 5.52 Å². The Morgan fingerprint density at radius 2 is 1.73 bits per heavy atom. The number of pyridine rings is 1. The van der Waals surface area contributed by atoms with Crippen molar-refractivity contribution in [3.05, 3.63) is 70.5 Å². The van der Waals surface area contributed by atoms with Crippen LogP contribution in [0.3, 0.4) is 0 Å². The molecule has 4 nitrogen and oxygen atoms in total. The molecule has 0 bridgehead atoms. The lowest BCUT2D eigenvalue weighted by molar-refractivity contribution is 0.404. The minimum absolute atomic E-state index is 0.0164. The monoisotopic (exact) mass is 405 g/mol. The summed E-state index contributed by atoms with van der Waals surface area (Å²) in [5.74, 6) is 0.404. The number of fused-ring (bicyclic) bond motifs is 1. The third-order valence-electron chi connectivity index (χ3n) is 5.28. The van der Waals surface area contributed by atoms with E-state index in [4.69, 9.17) is 4.74 Å². The molecule has 0 radical (unpaired) electrons. The Hall–Kier alpha value is -3.01. The Labute approximate surface area is 178 Å². The summed E-state index contributed by atoms with van der Waals surface area (Å²) in [6, 6.07) is 14.9. The molecule has 0 aliphatic heterocycles. The van der Waals surface area contributed by atoms with Crippen molar-refractivity contribution >= 4 is 17.0 Å². The van der Waals surface area contributed by atoms with Crippen molar-refractivity contribution in [3.8, 4) is 17.2 Å². The zero-order valence-corrected chi connectivity index (χ0v) is 17.9. The number of aryl methyl sites for hydroxylation is 1. The molecular weight excluding hydrogens is 374 g/mol. The van der Waals surface area contributed by atoms with Crippen LogP contribution >= 0.6 is 0 Å². The number of para-hydroxylation sites is 1. The quantitative estimate of drug-likeness (QED) is 0.374. The third kappa shape index (κ3) is 5.12. The minimum Gasteiger partial charge on any atom is -0.504 e. The van der Waals surface area contributed by atoms with Crippen molar-refractivity contribution < 1.29 is 9.84 Å². The lowest BCUT2D eigenvalue weighted by Crippen LogP contribution is -2.22. The maximum Gasteiger partial charge on any atom is 0.297 e. The van der Waals surface area contributed by atoms with Crippen LogP contribution in [0.15, 0.2) is 59.4 Å². The van der Waals surface area contributed by atoms with E-state index in [-0.39, 0.29) is 17.1 Å². The standard InChI is InChI=1S/C26H31NO3/c1-3-5-6-7-8-12-18-27-23-17-16-20(13-4-2)19-22(23)24(28)25(26(27)29)30-21-14-10-9-11-15-21/h4,9-11,13-17,19,28H,3,5-8,12,18H2,1-2H3. The van der Waals surface area contributed by atoms with Gasteiger partial charge in [-0.05, 0) is 43.2 Å². The average molecular weight is 406 g/mol. The number of aromatic hydroxyl groups is 1. The Kier molecular flexibility index (Phi) is 7.72. The summed E-state index contributed by atoms with van der Waals surface area (Å²) in [5.41, 5.74) is 1.41. The Balaban J connectivity index is 2.00. The molecule has 1 N–H and O–H groups in total. The summed E-state index contributed by atoms with van der Waals surface area (Å²) in [7, 11) is 0. The fourth-order valence-corrected chi connectivity index (χ4v) is 3.70. The fourth-order valence-electron chi connectivity index (χ4n) is 3.70. The zero-order valence-electron chi connectivity index (χ0n) is 17.9. The Morgan fingerprint density at radius 1 is 1.00 bits per heavy atom. The van der Waals surface area contributed by atoms with Gasteiger partial charge in [0.1, 0.15) is 5.75 Å². The van der Waals surface area contributed by atoms with Crippen LogP contribution in [0.25, 0.3) is 17.0 Å². The van der Waals surface area contributed by atoms with Gasteiger partial charge in [0, 0.05) is 11.9 Å². The smallest absolute Gasteiger partial charge is 0.297 e. The second-order valence-electron chi connectivity index (χ2n) is 7.59. The molecule has 0 saturated heterocycles. The van der Waals surface area contributed by atoms with E-state index in [1.807, 2.05) is 55.5 Å². The molecule has 3 aromatic rings. The van der Waals surface area contributed by atoms with Crippen molar-refractivity contribution in [1.82, 2.24) is 4.57 Å². The summed E-state index contributed by atoms with van der Waals surface area (Å²) in [6.45, 7) is 4.77. The van der Waals surface area contributed by atoms with Gasteiger partial charge in [-0.15, -0.1) is 0 Å². The van der Waals surface area contributed by atoms with E-state index in [1.54, 1.807) is 16.7 Å². The third-order valence-corrected chi connectivity index (χ3v) is 5.28. The van der Waals surface area contributed by atoms with E-state index >= 15 is 0 Å². The van der Waals surface area contributed by atoms with E-state index in [9.17, 15) is 9.90 Å². The highest BCUT2D eigenvalue weighted by Crippen LogP contribution is 2.35. The lowest BCUT2D eigenvalue weighted by atomic mass is 10.1. The van der Waals surface area contributed by atoms with E-state index in [1.165, 1.54) is 25.7 Å². The van der Waals surface area contributed by atoms with Gasteiger partial charge in [-0.1, -0.05) is 75.4 Å². The summed E-state index contributed by atoms with van der Waals surface area (Å²) < 4.78 is 7.59. The van der Waals surface area contributed by atoms with Crippen LogP contribution in [0.2, 0.25) is 0 Å². The van der Waals surface area contributed by atoms with Crippen LogP contribution in [-0.2, 0) is 6.54 Å².